The number of rotatable bonds is 1. The van der Waals surface area contributed by atoms with Crippen molar-refractivity contribution in [2.45, 2.75) is 34.6 Å². The van der Waals surface area contributed by atoms with Gasteiger partial charge in [-0.15, -0.1) is 0 Å². The van der Waals surface area contributed by atoms with Gasteiger partial charge in [0, 0.05) is 0 Å². The Balaban J connectivity index is 2.98. The van der Waals surface area contributed by atoms with Gasteiger partial charge in [-0.2, -0.15) is 0 Å². The summed E-state index contributed by atoms with van der Waals surface area (Å²) in [7, 11) is 0. The quantitative estimate of drug-likeness (QED) is 0.661. The van der Waals surface area contributed by atoms with Gasteiger partial charge in [-0.05, 0) is 0 Å². The predicted molar refractivity (Wildman–Crippen MR) is 50.3 cm³/mol. The van der Waals surface area contributed by atoms with Crippen LogP contribution in [-0.4, -0.2) is 24.2 Å². The Hall–Kier alpha value is 0.209. The van der Waals surface area contributed by atoms with Crippen molar-refractivity contribution in [1.82, 2.24) is 0 Å². The molecule has 0 aromatic heterocycles. The molecule has 2 heteroatoms. The molecule has 0 spiro atoms. The Bertz CT molecular complexity index is 220. The summed E-state index contributed by atoms with van der Waals surface area (Å²) < 4.78 is 1.56. The monoisotopic (exact) mass is 260 g/mol. The Morgan fingerprint density at radius 3 is 1.91 bits per heavy atom. The van der Waals surface area contributed by atoms with Gasteiger partial charge in [0.05, 0.1) is 0 Å². The van der Waals surface area contributed by atoms with Crippen LogP contribution in [0.15, 0.2) is 9.16 Å². The summed E-state index contributed by atoms with van der Waals surface area (Å²) in [4.78, 5) is 18.4. The van der Waals surface area contributed by atoms with Crippen LogP contribution in [0.3, 0.4) is 0 Å². The third kappa shape index (κ3) is 1.86. The van der Waals surface area contributed by atoms with Crippen LogP contribution in [0, 0.1) is 0 Å². The number of hydrogen-bond acceptors (Lipinski definition) is 1. The van der Waals surface area contributed by atoms with Crippen molar-refractivity contribution < 1.29 is 4.79 Å². The zero-order valence-corrected chi connectivity index (χ0v) is 10.7. The molecule has 1 nitrogen and oxygen atoms in total. The molecule has 0 saturated carbocycles. The zero-order valence-electron chi connectivity index (χ0n) is 7.82. The molecule has 62 valence electrons. The van der Waals surface area contributed by atoms with Crippen molar-refractivity contribution >= 4 is 24.2 Å². The molecule has 0 radical (unpaired) electrons. The fraction of sp³-hybridized carbons (Fsp3) is 0.667. The van der Waals surface area contributed by atoms with E-state index < -0.39 is 18.4 Å². The first-order chi connectivity index (χ1) is 4.93. The molecule has 0 fully saturated rings. The molecule has 0 saturated heterocycles. The Labute approximate surface area is 72.7 Å². The van der Waals surface area contributed by atoms with Gasteiger partial charge in [0.15, 0.2) is 0 Å². The van der Waals surface area contributed by atoms with Gasteiger partial charge >= 0.3 is 72.7 Å². The molecule has 0 heterocycles. The molecule has 1 rings (SSSR count). The minimum atomic E-state index is -1.87. The van der Waals surface area contributed by atoms with Crippen LogP contribution in [0.2, 0.25) is 14.8 Å². The number of carbonyl (C=O) groups is 1. The molecule has 0 atom stereocenters. The second kappa shape index (κ2) is 2.92. The summed E-state index contributed by atoms with van der Waals surface area (Å²) in [5, 5.41) is 0. The van der Waals surface area contributed by atoms with Crippen LogP contribution < -0.4 is 0 Å². The molecule has 0 aromatic carbocycles. The van der Waals surface area contributed by atoms with Gasteiger partial charge in [-0.3, -0.25) is 0 Å². The maximum absolute atomic E-state index is 11.2. The van der Waals surface area contributed by atoms with E-state index in [-0.39, 0.29) is 0 Å². The third-order valence-corrected chi connectivity index (χ3v) is 9.33. The number of Topliss-reactive ketones (excluding diaryl/α,β-unsaturated/α-hetero) is 1. The molecule has 11 heavy (non-hydrogen) atoms. The molecular formula is C9H16OSn. The third-order valence-electron chi connectivity index (χ3n) is 2.38. The summed E-state index contributed by atoms with van der Waals surface area (Å²) in [6, 6.07) is 0. The number of carbonyl (C=O) groups excluding carboxylic acids is 1. The normalized spacial score (nSPS) is 19.8. The fourth-order valence-electron chi connectivity index (χ4n) is 1.72. The standard InChI is InChI=1S/C6H7O.3CH3.Sn/c1-5-3-2-4-6(5)7;;;;/h2,4H2,1H3;3*1H3;. The van der Waals surface area contributed by atoms with Crippen LogP contribution in [0.1, 0.15) is 19.8 Å². The average molecular weight is 259 g/mol. The van der Waals surface area contributed by atoms with Gasteiger partial charge in [0.2, 0.25) is 0 Å². The number of allylic oxidation sites excluding steroid dienone is 2. The van der Waals surface area contributed by atoms with E-state index in [1.165, 1.54) is 0 Å². The summed E-state index contributed by atoms with van der Waals surface area (Å²) >= 11 is -1.87. The Kier molecular flexibility index (Phi) is 2.47. The molecule has 1 aliphatic carbocycles. The molecule has 0 N–H and O–H groups in total. The summed E-state index contributed by atoms with van der Waals surface area (Å²) in [5.41, 5.74) is 1.10. The van der Waals surface area contributed by atoms with E-state index in [1.807, 2.05) is 6.92 Å². The van der Waals surface area contributed by atoms with Crippen molar-refractivity contribution in [3.8, 4) is 0 Å². The first kappa shape index (κ1) is 9.30. The molecule has 0 aromatic rings. The van der Waals surface area contributed by atoms with Gasteiger partial charge < -0.3 is 0 Å². The molecule has 0 amide bonds. The Morgan fingerprint density at radius 2 is 1.73 bits per heavy atom. The van der Waals surface area contributed by atoms with E-state index >= 15 is 0 Å². The second-order valence-electron chi connectivity index (χ2n) is 4.28. The van der Waals surface area contributed by atoms with E-state index in [1.54, 1.807) is 3.59 Å². The van der Waals surface area contributed by atoms with Crippen LogP contribution in [0.5, 0.6) is 0 Å². The van der Waals surface area contributed by atoms with E-state index in [0.717, 1.165) is 18.4 Å². The van der Waals surface area contributed by atoms with Gasteiger partial charge in [-0.25, -0.2) is 0 Å². The van der Waals surface area contributed by atoms with Crippen molar-refractivity contribution in [1.29, 1.82) is 0 Å². The van der Waals surface area contributed by atoms with Crippen LogP contribution >= 0.6 is 0 Å². The zero-order chi connectivity index (χ0) is 8.65. The molecular weight excluding hydrogens is 243 g/mol. The second-order valence-corrected chi connectivity index (χ2v) is 18.8. The average Bonchev–Trinajstić information content (AvgIpc) is 2.11. The van der Waals surface area contributed by atoms with Crippen LogP contribution in [-0.2, 0) is 4.79 Å². The first-order valence-corrected chi connectivity index (χ1v) is 14.2. The molecule has 0 bridgehead atoms. The van der Waals surface area contributed by atoms with E-state index in [9.17, 15) is 4.79 Å². The predicted octanol–water partition coefficient (Wildman–Crippen LogP) is 2.54. The van der Waals surface area contributed by atoms with E-state index in [0.29, 0.717) is 5.78 Å². The van der Waals surface area contributed by atoms with Crippen LogP contribution in [0.4, 0.5) is 0 Å². The summed E-state index contributed by atoms with van der Waals surface area (Å²) in [5.74, 6) is 0.395. The molecule has 0 aliphatic heterocycles. The van der Waals surface area contributed by atoms with Crippen molar-refractivity contribution in [3.05, 3.63) is 9.16 Å². The topological polar surface area (TPSA) is 17.1 Å². The maximum atomic E-state index is 11.2. The van der Waals surface area contributed by atoms with Crippen molar-refractivity contribution in [2.24, 2.45) is 0 Å². The number of ketones is 1. The van der Waals surface area contributed by atoms with Gasteiger partial charge in [-0.1, -0.05) is 0 Å². The van der Waals surface area contributed by atoms with Crippen molar-refractivity contribution in [3.63, 3.8) is 0 Å². The minimum absolute atomic E-state index is 0.395. The van der Waals surface area contributed by atoms with Gasteiger partial charge in [0.25, 0.3) is 0 Å². The Morgan fingerprint density at radius 1 is 1.18 bits per heavy atom. The van der Waals surface area contributed by atoms with E-state index in [2.05, 4.69) is 14.8 Å². The SMILES string of the molecule is CC1=[C]([Sn]([CH3])([CH3])[CH3])CCC1=O. The summed E-state index contributed by atoms with van der Waals surface area (Å²) in [6.07, 6.45) is 1.86. The molecule has 0 unspecified atom stereocenters. The first-order valence-electron chi connectivity index (χ1n) is 4.16. The van der Waals surface area contributed by atoms with Gasteiger partial charge in [0.1, 0.15) is 0 Å². The molecule has 1 aliphatic rings. The van der Waals surface area contributed by atoms with Crippen LogP contribution in [0.25, 0.3) is 0 Å². The number of hydrogen-bond donors (Lipinski definition) is 0. The van der Waals surface area contributed by atoms with Crippen molar-refractivity contribution in [2.75, 3.05) is 0 Å². The fourth-order valence-corrected chi connectivity index (χ4v) is 7.83. The van der Waals surface area contributed by atoms with E-state index in [4.69, 9.17) is 0 Å². The summed E-state index contributed by atoms with van der Waals surface area (Å²) in [6.45, 7) is 2.01.